The van der Waals surface area contributed by atoms with E-state index in [1.807, 2.05) is 32.0 Å². The Labute approximate surface area is 133 Å². The maximum Gasteiger partial charge on any atom is 0.321 e. The van der Waals surface area contributed by atoms with Crippen LogP contribution < -0.4 is 15.4 Å². The van der Waals surface area contributed by atoms with Gasteiger partial charge in [-0.05, 0) is 49.2 Å². The van der Waals surface area contributed by atoms with Gasteiger partial charge in [-0.25, -0.2) is 9.18 Å². The van der Waals surface area contributed by atoms with Gasteiger partial charge in [0.05, 0.1) is 5.02 Å². The lowest BCUT2D eigenvalue weighted by molar-refractivity contribution is 0.234. The van der Waals surface area contributed by atoms with Crippen LogP contribution in [0.5, 0.6) is 5.75 Å². The average Bonchev–Trinajstić information content (AvgIpc) is 2.47. The molecule has 2 N–H and O–H groups in total. The number of hydrogen-bond donors (Lipinski definition) is 2. The summed E-state index contributed by atoms with van der Waals surface area (Å²) in [6, 6.07) is 9.19. The van der Waals surface area contributed by atoms with Crippen molar-refractivity contribution in [2.24, 2.45) is 0 Å². The number of rotatable bonds is 4. The molecule has 0 aliphatic carbocycles. The smallest absolute Gasteiger partial charge is 0.321 e. The van der Waals surface area contributed by atoms with E-state index in [4.69, 9.17) is 16.3 Å². The summed E-state index contributed by atoms with van der Waals surface area (Å²) in [7, 11) is 0. The highest BCUT2D eigenvalue weighted by Gasteiger charge is 2.06. The number of nitrogens with one attached hydrogen (secondary N) is 2. The molecular weight excluding hydrogens is 307 g/mol. The van der Waals surface area contributed by atoms with Crippen molar-refractivity contribution in [3.63, 3.8) is 0 Å². The van der Waals surface area contributed by atoms with E-state index in [2.05, 4.69) is 10.6 Å². The van der Waals surface area contributed by atoms with E-state index in [0.29, 0.717) is 11.4 Å². The van der Waals surface area contributed by atoms with E-state index >= 15 is 0 Å². The molecule has 116 valence electrons. The lowest BCUT2D eigenvalue weighted by atomic mass is 10.1. The first-order chi connectivity index (χ1) is 10.5. The van der Waals surface area contributed by atoms with Crippen molar-refractivity contribution < 1.29 is 13.9 Å². The Kier molecular flexibility index (Phi) is 5.22. The highest BCUT2D eigenvalue weighted by Crippen LogP contribution is 2.20. The molecule has 0 aromatic heterocycles. The summed E-state index contributed by atoms with van der Waals surface area (Å²) >= 11 is 5.64. The minimum absolute atomic E-state index is 0.0189. The Balaban J connectivity index is 1.85. The molecule has 0 bridgehead atoms. The van der Waals surface area contributed by atoms with Crippen molar-refractivity contribution in [3.8, 4) is 5.75 Å². The Hall–Kier alpha value is -2.27. The molecule has 2 aromatic carbocycles. The van der Waals surface area contributed by atoms with Gasteiger partial charge in [0.25, 0.3) is 0 Å². The summed E-state index contributed by atoms with van der Waals surface area (Å²) in [6.07, 6.45) is 0. The van der Waals surface area contributed by atoms with E-state index in [-0.39, 0.29) is 11.8 Å². The number of benzene rings is 2. The average molecular weight is 323 g/mol. The Morgan fingerprint density at radius 3 is 2.77 bits per heavy atom. The third-order valence-corrected chi connectivity index (χ3v) is 3.48. The standard InChI is InChI=1S/C16H16ClFN2O2/c1-10-4-3-5-15(11(10)2)22-9-19-16(21)20-12-6-7-14(18)13(17)8-12/h3-8H,9H2,1-2H3,(H2,19,20,21). The Bertz CT molecular complexity index is 692. The second-order valence-corrected chi connectivity index (χ2v) is 5.15. The molecule has 0 aliphatic rings. The van der Waals surface area contributed by atoms with Crippen LogP contribution in [0.15, 0.2) is 36.4 Å². The zero-order valence-electron chi connectivity index (χ0n) is 12.2. The number of urea groups is 1. The van der Waals surface area contributed by atoms with Crippen LogP contribution in [0, 0.1) is 19.7 Å². The van der Waals surface area contributed by atoms with Crippen LogP contribution in [0.4, 0.5) is 14.9 Å². The van der Waals surface area contributed by atoms with Crippen molar-refractivity contribution in [2.75, 3.05) is 12.0 Å². The molecule has 0 saturated carbocycles. The number of carbonyl (C=O) groups is 1. The van der Waals surface area contributed by atoms with E-state index in [9.17, 15) is 9.18 Å². The number of amides is 2. The molecule has 2 amide bonds. The molecule has 2 aromatic rings. The van der Waals surface area contributed by atoms with Gasteiger partial charge < -0.3 is 15.4 Å². The van der Waals surface area contributed by atoms with Crippen LogP contribution in [0.2, 0.25) is 5.02 Å². The topological polar surface area (TPSA) is 50.4 Å². The van der Waals surface area contributed by atoms with Gasteiger partial charge in [0.15, 0.2) is 6.73 Å². The molecule has 2 rings (SSSR count). The van der Waals surface area contributed by atoms with Gasteiger partial charge in [-0.2, -0.15) is 0 Å². The summed E-state index contributed by atoms with van der Waals surface area (Å²) in [5, 5.41) is 5.04. The predicted molar refractivity (Wildman–Crippen MR) is 85.0 cm³/mol. The second-order valence-electron chi connectivity index (χ2n) is 4.75. The molecule has 4 nitrogen and oxygen atoms in total. The quantitative estimate of drug-likeness (QED) is 0.827. The largest absolute Gasteiger partial charge is 0.473 e. The normalized spacial score (nSPS) is 10.2. The number of ether oxygens (including phenoxy) is 1. The summed E-state index contributed by atoms with van der Waals surface area (Å²) < 4.78 is 18.5. The fourth-order valence-corrected chi connectivity index (χ4v) is 1.99. The zero-order valence-corrected chi connectivity index (χ0v) is 13.0. The van der Waals surface area contributed by atoms with Crippen molar-refractivity contribution in [2.45, 2.75) is 13.8 Å². The molecule has 0 unspecified atom stereocenters. The molecular formula is C16H16ClFN2O2. The van der Waals surface area contributed by atoms with Gasteiger partial charge in [0, 0.05) is 5.69 Å². The molecule has 0 aliphatic heterocycles. The van der Waals surface area contributed by atoms with Gasteiger partial charge in [-0.15, -0.1) is 0 Å². The second kappa shape index (κ2) is 7.13. The highest BCUT2D eigenvalue weighted by atomic mass is 35.5. The Morgan fingerprint density at radius 2 is 2.05 bits per heavy atom. The van der Waals surface area contributed by atoms with E-state index in [0.717, 1.165) is 11.1 Å². The van der Waals surface area contributed by atoms with Crippen molar-refractivity contribution in [3.05, 3.63) is 58.4 Å². The van der Waals surface area contributed by atoms with Crippen molar-refractivity contribution in [1.82, 2.24) is 5.32 Å². The first-order valence-corrected chi connectivity index (χ1v) is 7.04. The fraction of sp³-hybridized carbons (Fsp3) is 0.188. The number of anilines is 1. The lowest BCUT2D eigenvalue weighted by Gasteiger charge is -2.12. The van der Waals surface area contributed by atoms with Crippen LogP contribution in [0.3, 0.4) is 0 Å². The van der Waals surface area contributed by atoms with Gasteiger partial charge in [-0.1, -0.05) is 23.7 Å². The summed E-state index contributed by atoms with van der Waals surface area (Å²) in [6.45, 7) is 3.96. The van der Waals surface area contributed by atoms with Gasteiger partial charge in [-0.3, -0.25) is 0 Å². The van der Waals surface area contributed by atoms with Gasteiger partial charge in [0.2, 0.25) is 0 Å². The third-order valence-electron chi connectivity index (χ3n) is 3.19. The summed E-state index contributed by atoms with van der Waals surface area (Å²) in [4.78, 5) is 11.7. The molecule has 0 fully saturated rings. The van der Waals surface area contributed by atoms with Crippen molar-refractivity contribution >= 4 is 23.3 Å². The number of aryl methyl sites for hydroxylation is 1. The maximum absolute atomic E-state index is 13.0. The highest BCUT2D eigenvalue weighted by molar-refractivity contribution is 6.31. The van der Waals surface area contributed by atoms with E-state index in [1.54, 1.807) is 0 Å². The molecule has 0 atom stereocenters. The molecule has 22 heavy (non-hydrogen) atoms. The number of hydrogen-bond acceptors (Lipinski definition) is 2. The summed E-state index contributed by atoms with van der Waals surface area (Å²) in [5.74, 6) is 0.177. The molecule has 0 spiro atoms. The number of halogens is 2. The van der Waals surface area contributed by atoms with Crippen LogP contribution in [0.25, 0.3) is 0 Å². The van der Waals surface area contributed by atoms with Gasteiger partial charge >= 0.3 is 6.03 Å². The predicted octanol–water partition coefficient (Wildman–Crippen LogP) is 4.25. The lowest BCUT2D eigenvalue weighted by Crippen LogP contribution is -2.32. The van der Waals surface area contributed by atoms with Crippen LogP contribution in [0.1, 0.15) is 11.1 Å². The monoisotopic (exact) mass is 322 g/mol. The first kappa shape index (κ1) is 16.1. The fourth-order valence-electron chi connectivity index (χ4n) is 1.81. The zero-order chi connectivity index (χ0) is 16.1. The minimum atomic E-state index is -0.536. The summed E-state index contributed by atoms with van der Waals surface area (Å²) in [5.41, 5.74) is 2.54. The molecule has 0 heterocycles. The molecule has 6 heteroatoms. The van der Waals surface area contributed by atoms with E-state index in [1.165, 1.54) is 18.2 Å². The number of carbonyl (C=O) groups excluding carboxylic acids is 1. The first-order valence-electron chi connectivity index (χ1n) is 6.66. The van der Waals surface area contributed by atoms with E-state index < -0.39 is 11.8 Å². The minimum Gasteiger partial charge on any atom is -0.473 e. The third kappa shape index (κ3) is 4.11. The van der Waals surface area contributed by atoms with Crippen LogP contribution >= 0.6 is 11.6 Å². The van der Waals surface area contributed by atoms with Crippen molar-refractivity contribution in [1.29, 1.82) is 0 Å². The molecule has 0 radical (unpaired) electrons. The Morgan fingerprint density at radius 1 is 1.27 bits per heavy atom. The van der Waals surface area contributed by atoms with Crippen LogP contribution in [-0.4, -0.2) is 12.8 Å². The molecule has 0 saturated heterocycles. The SMILES string of the molecule is Cc1cccc(OCNC(=O)Nc2ccc(F)c(Cl)c2)c1C. The van der Waals surface area contributed by atoms with Gasteiger partial charge in [0.1, 0.15) is 11.6 Å². The van der Waals surface area contributed by atoms with Crippen LogP contribution in [-0.2, 0) is 0 Å². The maximum atomic E-state index is 13.0.